The topological polar surface area (TPSA) is 24.9 Å². The van der Waals surface area contributed by atoms with Gasteiger partial charge in [0.15, 0.2) is 0 Å². The molecule has 2 aromatic carbocycles. The van der Waals surface area contributed by atoms with Crippen LogP contribution in [0.1, 0.15) is 17.2 Å². The van der Waals surface area contributed by atoms with Crippen LogP contribution in [0.5, 0.6) is 0 Å². The molecule has 1 unspecified atom stereocenters. The first-order valence-corrected chi connectivity index (χ1v) is 7.63. The lowest BCUT2D eigenvalue weighted by atomic mass is 9.97. The van der Waals surface area contributed by atoms with Crippen molar-refractivity contribution in [2.45, 2.75) is 6.04 Å². The summed E-state index contributed by atoms with van der Waals surface area (Å²) in [5.74, 6) is 0. The van der Waals surface area contributed by atoms with Crippen LogP contribution in [0.4, 0.5) is 0 Å². The molecular formula is C17H15IN2. The van der Waals surface area contributed by atoms with Crippen molar-refractivity contribution >= 4 is 33.5 Å². The molecule has 0 fully saturated rings. The van der Waals surface area contributed by atoms with Crippen LogP contribution in [-0.2, 0) is 0 Å². The molecule has 3 heteroatoms. The summed E-state index contributed by atoms with van der Waals surface area (Å²) in [7, 11) is 2.00. The maximum atomic E-state index is 4.37. The maximum absolute atomic E-state index is 4.37. The van der Waals surface area contributed by atoms with Crippen LogP contribution in [0, 0.1) is 3.57 Å². The van der Waals surface area contributed by atoms with Gasteiger partial charge in [-0.2, -0.15) is 0 Å². The Morgan fingerprint density at radius 2 is 1.75 bits per heavy atom. The second-order valence-electron chi connectivity index (χ2n) is 4.73. The van der Waals surface area contributed by atoms with E-state index in [1.807, 2.05) is 19.3 Å². The van der Waals surface area contributed by atoms with Gasteiger partial charge in [-0.05, 0) is 71.1 Å². The Hall–Kier alpha value is -1.46. The molecule has 0 aliphatic carbocycles. The van der Waals surface area contributed by atoms with Crippen molar-refractivity contribution < 1.29 is 0 Å². The molecule has 1 atom stereocenters. The predicted octanol–water partition coefficient (Wildman–Crippen LogP) is 4.15. The normalized spacial score (nSPS) is 12.5. The zero-order valence-electron chi connectivity index (χ0n) is 11.2. The average Bonchev–Trinajstić information content (AvgIpc) is 2.50. The van der Waals surface area contributed by atoms with E-state index >= 15 is 0 Å². The van der Waals surface area contributed by atoms with E-state index < -0.39 is 0 Å². The molecular weight excluding hydrogens is 359 g/mol. The molecule has 0 saturated heterocycles. The molecule has 0 amide bonds. The van der Waals surface area contributed by atoms with E-state index in [0.29, 0.717) is 0 Å². The number of aromatic nitrogens is 1. The number of rotatable bonds is 3. The smallest absolute Gasteiger partial charge is 0.0702 e. The lowest BCUT2D eigenvalue weighted by Gasteiger charge is -2.18. The summed E-state index contributed by atoms with van der Waals surface area (Å²) < 4.78 is 1.25. The lowest BCUT2D eigenvalue weighted by Crippen LogP contribution is -2.17. The molecule has 3 aromatic rings. The first-order valence-electron chi connectivity index (χ1n) is 6.55. The minimum absolute atomic E-state index is 0.205. The highest BCUT2D eigenvalue weighted by Gasteiger charge is 2.12. The summed E-state index contributed by atoms with van der Waals surface area (Å²) in [6.07, 6.45) is 1.83. The van der Waals surface area contributed by atoms with Gasteiger partial charge in [0.05, 0.1) is 11.6 Å². The molecule has 0 radical (unpaired) electrons. The number of nitrogens with one attached hydrogen (secondary N) is 1. The molecule has 0 saturated carbocycles. The molecule has 3 rings (SSSR count). The van der Waals surface area contributed by atoms with Crippen molar-refractivity contribution in [1.29, 1.82) is 0 Å². The van der Waals surface area contributed by atoms with E-state index in [0.717, 1.165) is 5.52 Å². The Morgan fingerprint density at radius 1 is 1.00 bits per heavy atom. The van der Waals surface area contributed by atoms with Crippen molar-refractivity contribution in [1.82, 2.24) is 10.3 Å². The molecule has 1 heterocycles. The number of benzene rings is 2. The molecule has 100 valence electrons. The monoisotopic (exact) mass is 374 g/mol. The minimum Gasteiger partial charge on any atom is -0.309 e. The van der Waals surface area contributed by atoms with Crippen LogP contribution < -0.4 is 5.32 Å². The van der Waals surface area contributed by atoms with E-state index in [9.17, 15) is 0 Å². The fourth-order valence-corrected chi connectivity index (χ4v) is 2.81. The Morgan fingerprint density at radius 3 is 2.50 bits per heavy atom. The van der Waals surface area contributed by atoms with Crippen LogP contribution in [0.25, 0.3) is 10.9 Å². The van der Waals surface area contributed by atoms with Crippen LogP contribution in [-0.4, -0.2) is 12.0 Å². The first kappa shape index (κ1) is 13.5. The van der Waals surface area contributed by atoms with Crippen LogP contribution in [0.2, 0.25) is 0 Å². The molecule has 1 aromatic heterocycles. The van der Waals surface area contributed by atoms with Crippen molar-refractivity contribution in [3.05, 3.63) is 75.5 Å². The number of nitrogens with zero attached hydrogens (tertiary/aromatic N) is 1. The summed E-state index contributed by atoms with van der Waals surface area (Å²) in [5.41, 5.74) is 3.57. The van der Waals surface area contributed by atoms with Gasteiger partial charge in [-0.25, -0.2) is 0 Å². The Kier molecular flexibility index (Phi) is 3.98. The van der Waals surface area contributed by atoms with Crippen molar-refractivity contribution in [3.63, 3.8) is 0 Å². The summed E-state index contributed by atoms with van der Waals surface area (Å²) in [6, 6.07) is 19.4. The van der Waals surface area contributed by atoms with E-state index in [2.05, 4.69) is 81.4 Å². The highest BCUT2D eigenvalue weighted by atomic mass is 127. The number of hydrogen-bond donors (Lipinski definition) is 1. The number of hydrogen-bond acceptors (Lipinski definition) is 2. The van der Waals surface area contributed by atoms with Gasteiger partial charge in [-0.1, -0.05) is 24.3 Å². The van der Waals surface area contributed by atoms with Gasteiger partial charge in [0.2, 0.25) is 0 Å². The Bertz CT molecular complexity index is 722. The van der Waals surface area contributed by atoms with E-state index in [1.165, 1.54) is 20.1 Å². The summed E-state index contributed by atoms with van der Waals surface area (Å²) in [4.78, 5) is 4.37. The summed E-state index contributed by atoms with van der Waals surface area (Å²) in [5, 5.41) is 4.57. The average molecular weight is 374 g/mol. The van der Waals surface area contributed by atoms with E-state index in [-0.39, 0.29) is 6.04 Å². The van der Waals surface area contributed by atoms with Crippen LogP contribution >= 0.6 is 22.6 Å². The van der Waals surface area contributed by atoms with Crippen molar-refractivity contribution in [2.24, 2.45) is 0 Å². The lowest BCUT2D eigenvalue weighted by molar-refractivity contribution is 0.692. The first-order chi connectivity index (χ1) is 9.78. The molecule has 0 aliphatic rings. The third kappa shape index (κ3) is 2.69. The highest BCUT2D eigenvalue weighted by Crippen LogP contribution is 2.25. The second kappa shape index (κ2) is 5.89. The molecule has 2 nitrogen and oxygen atoms in total. The van der Waals surface area contributed by atoms with Gasteiger partial charge in [0.25, 0.3) is 0 Å². The maximum Gasteiger partial charge on any atom is 0.0702 e. The van der Waals surface area contributed by atoms with Crippen molar-refractivity contribution in [3.8, 4) is 0 Å². The highest BCUT2D eigenvalue weighted by molar-refractivity contribution is 14.1. The van der Waals surface area contributed by atoms with Gasteiger partial charge in [-0.3, -0.25) is 4.98 Å². The molecule has 0 spiro atoms. The SMILES string of the molecule is CNC(c1ccc(I)cc1)c1ccc2ncccc2c1. The van der Waals surface area contributed by atoms with Crippen LogP contribution in [0.15, 0.2) is 60.8 Å². The standard InChI is InChI=1S/C17H15IN2/c1-19-17(12-4-7-15(18)8-5-12)14-6-9-16-13(11-14)3-2-10-20-16/h2-11,17,19H,1H3. The summed E-state index contributed by atoms with van der Waals surface area (Å²) >= 11 is 2.33. The zero-order valence-corrected chi connectivity index (χ0v) is 13.3. The second-order valence-corrected chi connectivity index (χ2v) is 5.97. The van der Waals surface area contributed by atoms with Crippen LogP contribution in [0.3, 0.4) is 0 Å². The number of halogens is 1. The van der Waals surface area contributed by atoms with Gasteiger partial charge < -0.3 is 5.32 Å². The largest absolute Gasteiger partial charge is 0.309 e. The Labute approximate surface area is 132 Å². The van der Waals surface area contributed by atoms with Gasteiger partial charge in [0.1, 0.15) is 0 Å². The quantitative estimate of drug-likeness (QED) is 0.697. The molecule has 20 heavy (non-hydrogen) atoms. The minimum atomic E-state index is 0.205. The predicted molar refractivity (Wildman–Crippen MR) is 91.8 cm³/mol. The fourth-order valence-electron chi connectivity index (χ4n) is 2.45. The Balaban J connectivity index is 2.04. The van der Waals surface area contributed by atoms with Crippen molar-refractivity contribution in [2.75, 3.05) is 7.05 Å². The fraction of sp³-hybridized carbons (Fsp3) is 0.118. The number of fused-ring (bicyclic) bond motifs is 1. The summed E-state index contributed by atoms with van der Waals surface area (Å²) in [6.45, 7) is 0. The molecule has 0 bridgehead atoms. The third-order valence-corrected chi connectivity index (χ3v) is 4.17. The van der Waals surface area contributed by atoms with Gasteiger partial charge >= 0.3 is 0 Å². The number of pyridine rings is 1. The molecule has 0 aliphatic heterocycles. The van der Waals surface area contributed by atoms with E-state index in [1.54, 1.807) is 0 Å². The third-order valence-electron chi connectivity index (χ3n) is 3.45. The van der Waals surface area contributed by atoms with Gasteiger partial charge in [0, 0.05) is 15.2 Å². The van der Waals surface area contributed by atoms with Gasteiger partial charge in [-0.15, -0.1) is 0 Å². The molecule has 1 N–H and O–H groups in total. The van der Waals surface area contributed by atoms with E-state index in [4.69, 9.17) is 0 Å². The zero-order chi connectivity index (χ0) is 13.9.